The van der Waals surface area contributed by atoms with Gasteiger partial charge in [0.2, 0.25) is 14.9 Å². The number of rotatable bonds is 4. The molecule has 8 heteroatoms. The lowest BCUT2D eigenvalue weighted by atomic mass is 10.3. The predicted octanol–water partition coefficient (Wildman–Crippen LogP) is 5.11. The fourth-order valence-corrected chi connectivity index (χ4v) is 4.20. The third kappa shape index (κ3) is 3.61. The summed E-state index contributed by atoms with van der Waals surface area (Å²) in [6, 6.07) is 18.9. The van der Waals surface area contributed by atoms with E-state index in [1.807, 2.05) is 0 Å². The van der Waals surface area contributed by atoms with Crippen LogP contribution in [0, 0.1) is 5.82 Å². The average molecular weight is 458 g/mol. The minimum atomic E-state index is -3.94. The summed E-state index contributed by atoms with van der Waals surface area (Å²) in [5.74, 6) is -0.314. The van der Waals surface area contributed by atoms with Crippen molar-refractivity contribution >= 4 is 48.3 Å². The summed E-state index contributed by atoms with van der Waals surface area (Å²) in [5, 5.41) is 2.75. The number of anilines is 2. The lowest BCUT2D eigenvalue weighted by Gasteiger charge is -2.12. The monoisotopic (exact) mass is 457 g/mol. The van der Waals surface area contributed by atoms with Crippen LogP contribution < -0.4 is 5.32 Å². The zero-order valence-electron chi connectivity index (χ0n) is 14.3. The summed E-state index contributed by atoms with van der Waals surface area (Å²) < 4.78 is 40.4. The average Bonchev–Trinajstić information content (AvgIpc) is 2.69. The molecule has 0 unspecified atom stereocenters. The highest BCUT2D eigenvalue weighted by Crippen LogP contribution is 2.29. The fourth-order valence-electron chi connectivity index (χ4n) is 2.65. The van der Waals surface area contributed by atoms with Gasteiger partial charge in [-0.05, 0) is 60.7 Å². The SMILES string of the molecule is O=S(=O)(c1ccc(Br)cc1)c1nc2ccccc2nc1Nc1ccc(F)cc1. The number of nitrogens with one attached hydrogen (secondary N) is 1. The first-order valence-electron chi connectivity index (χ1n) is 8.23. The van der Waals surface area contributed by atoms with Crippen LogP contribution in [0.3, 0.4) is 0 Å². The minimum Gasteiger partial charge on any atom is -0.338 e. The van der Waals surface area contributed by atoms with Gasteiger partial charge in [0.1, 0.15) is 5.82 Å². The van der Waals surface area contributed by atoms with Crippen LogP contribution >= 0.6 is 15.9 Å². The van der Waals surface area contributed by atoms with E-state index < -0.39 is 15.7 Å². The van der Waals surface area contributed by atoms with E-state index in [2.05, 4.69) is 31.2 Å². The Morgan fingerprint density at radius 3 is 2.07 bits per heavy atom. The van der Waals surface area contributed by atoms with Crippen molar-refractivity contribution < 1.29 is 12.8 Å². The van der Waals surface area contributed by atoms with Crippen LogP contribution in [0.2, 0.25) is 0 Å². The molecule has 0 spiro atoms. The maximum absolute atomic E-state index is 13.2. The molecule has 0 atom stereocenters. The van der Waals surface area contributed by atoms with Crippen LogP contribution in [0.4, 0.5) is 15.9 Å². The Labute approximate surface area is 169 Å². The molecule has 1 heterocycles. The van der Waals surface area contributed by atoms with Crippen molar-refractivity contribution in [2.45, 2.75) is 9.92 Å². The summed E-state index contributed by atoms with van der Waals surface area (Å²) in [6.07, 6.45) is 0. The Hall–Kier alpha value is -2.84. The molecule has 0 fully saturated rings. The molecule has 5 nitrogen and oxygen atoms in total. The lowest BCUT2D eigenvalue weighted by molar-refractivity contribution is 0.593. The van der Waals surface area contributed by atoms with Gasteiger partial charge < -0.3 is 5.32 Å². The largest absolute Gasteiger partial charge is 0.338 e. The number of benzene rings is 3. The zero-order chi connectivity index (χ0) is 19.7. The second kappa shape index (κ2) is 7.29. The molecule has 0 amide bonds. The number of nitrogens with zero attached hydrogens (tertiary/aromatic N) is 2. The van der Waals surface area contributed by atoms with Gasteiger partial charge in [-0.15, -0.1) is 0 Å². The van der Waals surface area contributed by atoms with Gasteiger partial charge in [0, 0.05) is 10.2 Å². The molecular weight excluding hydrogens is 445 g/mol. The molecule has 3 aromatic carbocycles. The van der Waals surface area contributed by atoms with Gasteiger partial charge in [-0.2, -0.15) is 0 Å². The summed E-state index contributed by atoms with van der Waals surface area (Å²) in [4.78, 5) is 8.91. The van der Waals surface area contributed by atoms with E-state index in [-0.39, 0.29) is 15.7 Å². The molecule has 0 saturated heterocycles. The van der Waals surface area contributed by atoms with Gasteiger partial charge in [0.05, 0.1) is 15.9 Å². The normalized spacial score (nSPS) is 11.5. The predicted molar refractivity (Wildman–Crippen MR) is 109 cm³/mol. The summed E-state index contributed by atoms with van der Waals surface area (Å²) >= 11 is 3.30. The van der Waals surface area contributed by atoms with Crippen LogP contribution in [0.1, 0.15) is 0 Å². The van der Waals surface area contributed by atoms with E-state index in [9.17, 15) is 12.8 Å². The minimum absolute atomic E-state index is 0.0771. The highest BCUT2D eigenvalue weighted by molar-refractivity contribution is 9.10. The number of para-hydroxylation sites is 2. The second-order valence-corrected chi connectivity index (χ2v) is 8.74. The Morgan fingerprint density at radius 1 is 0.821 bits per heavy atom. The molecule has 1 aromatic heterocycles. The quantitative estimate of drug-likeness (QED) is 0.460. The van der Waals surface area contributed by atoms with E-state index in [0.29, 0.717) is 16.7 Å². The van der Waals surface area contributed by atoms with E-state index in [0.717, 1.165) is 4.47 Å². The molecular formula is C20H13BrFN3O2S. The molecule has 0 radical (unpaired) electrons. The van der Waals surface area contributed by atoms with Crippen molar-refractivity contribution in [1.82, 2.24) is 9.97 Å². The summed E-state index contributed by atoms with van der Waals surface area (Å²) in [5.41, 5.74) is 1.50. The molecule has 4 aromatic rings. The van der Waals surface area contributed by atoms with Crippen molar-refractivity contribution in [1.29, 1.82) is 0 Å². The zero-order valence-corrected chi connectivity index (χ0v) is 16.7. The van der Waals surface area contributed by atoms with Gasteiger partial charge in [-0.25, -0.2) is 22.8 Å². The Balaban J connectivity index is 1.90. The van der Waals surface area contributed by atoms with Crippen LogP contribution in [0.25, 0.3) is 11.0 Å². The molecule has 0 saturated carbocycles. The van der Waals surface area contributed by atoms with Crippen molar-refractivity contribution in [3.05, 3.63) is 83.1 Å². The van der Waals surface area contributed by atoms with Gasteiger partial charge in [-0.1, -0.05) is 28.1 Å². The number of sulfone groups is 1. The first kappa shape index (κ1) is 18.5. The third-order valence-corrected chi connectivity index (χ3v) is 6.24. The number of halogens is 2. The van der Waals surface area contributed by atoms with Crippen LogP contribution in [0.5, 0.6) is 0 Å². The summed E-state index contributed by atoms with van der Waals surface area (Å²) in [7, 11) is -3.94. The topological polar surface area (TPSA) is 72.0 Å². The van der Waals surface area contributed by atoms with E-state index in [4.69, 9.17) is 0 Å². The van der Waals surface area contributed by atoms with E-state index >= 15 is 0 Å². The smallest absolute Gasteiger partial charge is 0.227 e. The molecule has 4 rings (SSSR count). The lowest BCUT2D eigenvalue weighted by Crippen LogP contribution is -2.10. The molecule has 0 aliphatic carbocycles. The van der Waals surface area contributed by atoms with Gasteiger partial charge in [0.25, 0.3) is 0 Å². The molecule has 0 aliphatic rings. The van der Waals surface area contributed by atoms with Crippen LogP contribution in [0.15, 0.2) is 87.2 Å². The molecule has 0 aliphatic heterocycles. The summed E-state index contributed by atoms with van der Waals surface area (Å²) in [6.45, 7) is 0. The van der Waals surface area contributed by atoms with Gasteiger partial charge in [-0.3, -0.25) is 0 Å². The van der Waals surface area contributed by atoms with Crippen molar-refractivity contribution in [3.63, 3.8) is 0 Å². The maximum atomic E-state index is 13.2. The molecule has 140 valence electrons. The standard InChI is InChI=1S/C20H13BrFN3O2S/c21-13-5-11-16(12-6-13)28(26,27)20-19(23-15-9-7-14(22)8-10-15)24-17-3-1-2-4-18(17)25-20/h1-12H,(H,23,24). The second-order valence-electron chi connectivity index (χ2n) is 5.96. The van der Waals surface area contributed by atoms with Gasteiger partial charge in [0.15, 0.2) is 5.82 Å². The van der Waals surface area contributed by atoms with Crippen LogP contribution in [-0.2, 0) is 9.84 Å². The first-order chi connectivity index (χ1) is 13.4. The van der Waals surface area contributed by atoms with Crippen molar-refractivity contribution in [2.75, 3.05) is 5.32 Å². The van der Waals surface area contributed by atoms with E-state index in [1.165, 1.54) is 36.4 Å². The van der Waals surface area contributed by atoms with Crippen molar-refractivity contribution in [3.8, 4) is 0 Å². The van der Waals surface area contributed by atoms with Crippen molar-refractivity contribution in [2.24, 2.45) is 0 Å². The Kier molecular flexibility index (Phi) is 4.82. The number of hydrogen-bond acceptors (Lipinski definition) is 5. The first-order valence-corrected chi connectivity index (χ1v) is 10.5. The highest BCUT2D eigenvalue weighted by atomic mass is 79.9. The number of aromatic nitrogens is 2. The van der Waals surface area contributed by atoms with E-state index in [1.54, 1.807) is 36.4 Å². The molecule has 1 N–H and O–H groups in total. The number of hydrogen-bond donors (Lipinski definition) is 1. The molecule has 0 bridgehead atoms. The Morgan fingerprint density at radius 2 is 1.43 bits per heavy atom. The number of fused-ring (bicyclic) bond motifs is 1. The fraction of sp³-hybridized carbons (Fsp3) is 0. The highest BCUT2D eigenvalue weighted by Gasteiger charge is 2.25. The third-order valence-electron chi connectivity index (χ3n) is 4.02. The molecule has 28 heavy (non-hydrogen) atoms. The van der Waals surface area contributed by atoms with Gasteiger partial charge >= 0.3 is 0 Å². The van der Waals surface area contributed by atoms with Crippen LogP contribution in [-0.4, -0.2) is 18.4 Å². The maximum Gasteiger partial charge on any atom is 0.227 e. The Bertz CT molecular complexity index is 1260.